The molecule has 2 aliphatic rings. The lowest BCUT2D eigenvalue weighted by Gasteiger charge is -2.18. The van der Waals surface area contributed by atoms with Crippen LogP contribution in [0, 0.1) is 0 Å². The molecule has 1 heterocycles. The van der Waals surface area contributed by atoms with E-state index in [-0.39, 0.29) is 24.5 Å². The Morgan fingerprint density at radius 2 is 1.87 bits per heavy atom. The van der Waals surface area contributed by atoms with Gasteiger partial charge in [-0.2, -0.15) is 0 Å². The van der Waals surface area contributed by atoms with Crippen LogP contribution < -0.4 is 20.7 Å². The number of benzene rings is 1. The lowest BCUT2D eigenvalue weighted by Crippen LogP contribution is -2.45. The Morgan fingerprint density at radius 1 is 1.10 bits per heavy atom. The van der Waals surface area contributed by atoms with Gasteiger partial charge in [0.05, 0.1) is 0 Å². The number of hydrogen-bond donors (Lipinski definition) is 3. The number of carbonyl (C=O) groups excluding carboxylic acids is 2. The molecule has 0 spiro atoms. The van der Waals surface area contributed by atoms with Crippen LogP contribution in [0.4, 0.5) is 0 Å². The number of aliphatic imine (C=N–C) groups is 1. The van der Waals surface area contributed by atoms with Crippen LogP contribution in [0.1, 0.15) is 45.1 Å². The van der Waals surface area contributed by atoms with Gasteiger partial charge in [0.15, 0.2) is 12.6 Å². The normalized spacial score (nSPS) is 18.6. The highest BCUT2D eigenvalue weighted by Gasteiger charge is 2.25. The molecule has 1 saturated heterocycles. The SMILES string of the molecule is CCNC(=NCCc1ccc(OCC(=O)NC2CC2)cc1)NC1CCN(C(=O)CC)C1. The molecule has 2 fully saturated rings. The van der Waals surface area contributed by atoms with Gasteiger partial charge in [-0.3, -0.25) is 14.6 Å². The van der Waals surface area contributed by atoms with Crippen molar-refractivity contribution in [2.45, 2.75) is 58.0 Å². The highest BCUT2D eigenvalue weighted by molar-refractivity contribution is 5.80. The summed E-state index contributed by atoms with van der Waals surface area (Å²) < 4.78 is 5.55. The van der Waals surface area contributed by atoms with Crippen molar-refractivity contribution < 1.29 is 14.3 Å². The third-order valence-electron chi connectivity index (χ3n) is 5.43. The lowest BCUT2D eigenvalue weighted by atomic mass is 10.1. The van der Waals surface area contributed by atoms with Gasteiger partial charge < -0.3 is 25.6 Å². The number of rotatable bonds is 10. The number of amides is 2. The molecule has 0 radical (unpaired) electrons. The first kappa shape index (κ1) is 22.9. The molecule has 1 aliphatic carbocycles. The molecule has 170 valence electrons. The second kappa shape index (κ2) is 11.6. The van der Waals surface area contributed by atoms with Crippen molar-refractivity contribution in [2.24, 2.45) is 4.99 Å². The lowest BCUT2D eigenvalue weighted by molar-refractivity contribution is -0.129. The third-order valence-corrected chi connectivity index (χ3v) is 5.43. The predicted molar refractivity (Wildman–Crippen MR) is 121 cm³/mol. The van der Waals surface area contributed by atoms with E-state index >= 15 is 0 Å². The smallest absolute Gasteiger partial charge is 0.258 e. The fourth-order valence-corrected chi connectivity index (χ4v) is 3.54. The molecule has 8 heteroatoms. The molecule has 0 bridgehead atoms. The molecule has 3 N–H and O–H groups in total. The van der Waals surface area contributed by atoms with E-state index in [1.165, 1.54) is 0 Å². The summed E-state index contributed by atoms with van der Waals surface area (Å²) in [5.74, 6) is 1.64. The second-order valence-electron chi connectivity index (χ2n) is 8.11. The van der Waals surface area contributed by atoms with Gasteiger partial charge in [0.1, 0.15) is 5.75 Å². The molecule has 1 aliphatic heterocycles. The summed E-state index contributed by atoms with van der Waals surface area (Å²) in [6.07, 6.45) is 4.45. The Morgan fingerprint density at radius 3 is 2.55 bits per heavy atom. The van der Waals surface area contributed by atoms with E-state index < -0.39 is 0 Å². The number of likely N-dealkylation sites (tertiary alicyclic amines) is 1. The molecule has 0 aromatic heterocycles. The van der Waals surface area contributed by atoms with E-state index in [1.807, 2.05) is 43.0 Å². The van der Waals surface area contributed by atoms with E-state index in [2.05, 4.69) is 20.9 Å². The van der Waals surface area contributed by atoms with E-state index in [9.17, 15) is 9.59 Å². The van der Waals surface area contributed by atoms with Gasteiger partial charge in [-0.1, -0.05) is 19.1 Å². The zero-order chi connectivity index (χ0) is 22.1. The van der Waals surface area contributed by atoms with Crippen molar-refractivity contribution in [3.8, 4) is 5.75 Å². The van der Waals surface area contributed by atoms with Crippen LogP contribution in [0.3, 0.4) is 0 Å². The van der Waals surface area contributed by atoms with Gasteiger partial charge in [-0.05, 0) is 50.3 Å². The maximum Gasteiger partial charge on any atom is 0.258 e. The quantitative estimate of drug-likeness (QED) is 0.387. The fourth-order valence-electron chi connectivity index (χ4n) is 3.54. The van der Waals surface area contributed by atoms with Crippen LogP contribution in [-0.2, 0) is 16.0 Å². The van der Waals surface area contributed by atoms with E-state index in [0.717, 1.165) is 56.8 Å². The van der Waals surface area contributed by atoms with Gasteiger partial charge >= 0.3 is 0 Å². The predicted octanol–water partition coefficient (Wildman–Crippen LogP) is 1.45. The maximum absolute atomic E-state index is 11.9. The molecule has 8 nitrogen and oxygen atoms in total. The average molecular weight is 430 g/mol. The molecule has 2 amide bonds. The van der Waals surface area contributed by atoms with E-state index in [1.54, 1.807) is 0 Å². The number of ether oxygens (including phenoxy) is 1. The molecule has 1 unspecified atom stereocenters. The highest BCUT2D eigenvalue weighted by atomic mass is 16.5. The van der Waals surface area contributed by atoms with Crippen LogP contribution >= 0.6 is 0 Å². The zero-order valence-electron chi connectivity index (χ0n) is 18.7. The first-order chi connectivity index (χ1) is 15.1. The Kier molecular flexibility index (Phi) is 8.55. The Balaban J connectivity index is 1.41. The third kappa shape index (κ3) is 7.77. The standard InChI is InChI=1S/C23H35N5O3/c1-3-22(30)28-14-12-19(15-28)27-23(24-4-2)25-13-11-17-5-9-20(10-6-17)31-16-21(29)26-18-7-8-18/h5-6,9-10,18-19H,3-4,7-8,11-16H2,1-2H3,(H,26,29)(H2,24,25,27). The zero-order valence-corrected chi connectivity index (χ0v) is 18.7. The van der Waals surface area contributed by atoms with Gasteiger partial charge in [0.25, 0.3) is 5.91 Å². The molecule has 1 atom stereocenters. The molecule has 31 heavy (non-hydrogen) atoms. The van der Waals surface area contributed by atoms with E-state index in [0.29, 0.717) is 24.8 Å². The summed E-state index contributed by atoms with van der Waals surface area (Å²) in [6.45, 7) is 6.99. The molecule has 3 rings (SSSR count). The Bertz CT molecular complexity index is 761. The molecular weight excluding hydrogens is 394 g/mol. The summed E-state index contributed by atoms with van der Waals surface area (Å²) in [7, 11) is 0. The Hall–Kier alpha value is -2.77. The van der Waals surface area contributed by atoms with Crippen LogP contribution in [-0.4, -0.2) is 67.5 Å². The summed E-state index contributed by atoms with van der Waals surface area (Å²) in [4.78, 5) is 30.2. The van der Waals surface area contributed by atoms with Gasteiger partial charge in [0, 0.05) is 44.7 Å². The summed E-state index contributed by atoms with van der Waals surface area (Å²) >= 11 is 0. The van der Waals surface area contributed by atoms with Crippen molar-refractivity contribution in [3.63, 3.8) is 0 Å². The Labute approximate surface area is 184 Å². The van der Waals surface area contributed by atoms with Crippen LogP contribution in [0.15, 0.2) is 29.3 Å². The summed E-state index contributed by atoms with van der Waals surface area (Å²) in [5, 5.41) is 9.65. The molecule has 1 aromatic rings. The van der Waals surface area contributed by atoms with Crippen LogP contribution in [0.25, 0.3) is 0 Å². The maximum atomic E-state index is 11.9. The van der Waals surface area contributed by atoms with Crippen molar-refractivity contribution in [3.05, 3.63) is 29.8 Å². The number of nitrogens with one attached hydrogen (secondary N) is 3. The molecular formula is C23H35N5O3. The summed E-state index contributed by atoms with van der Waals surface area (Å²) in [5.41, 5.74) is 1.16. The fraction of sp³-hybridized carbons (Fsp3) is 0.609. The number of guanidine groups is 1. The number of hydrogen-bond acceptors (Lipinski definition) is 4. The van der Waals surface area contributed by atoms with Gasteiger partial charge in [-0.25, -0.2) is 0 Å². The minimum absolute atomic E-state index is 0.0559. The van der Waals surface area contributed by atoms with Crippen LogP contribution in [0.5, 0.6) is 5.75 Å². The van der Waals surface area contributed by atoms with Crippen molar-refractivity contribution in [2.75, 3.05) is 32.8 Å². The highest BCUT2D eigenvalue weighted by Crippen LogP contribution is 2.18. The largest absolute Gasteiger partial charge is 0.484 e. The minimum Gasteiger partial charge on any atom is -0.484 e. The monoisotopic (exact) mass is 429 g/mol. The van der Waals surface area contributed by atoms with Crippen molar-refractivity contribution in [1.82, 2.24) is 20.9 Å². The van der Waals surface area contributed by atoms with E-state index in [4.69, 9.17) is 4.74 Å². The second-order valence-corrected chi connectivity index (χ2v) is 8.11. The first-order valence-corrected chi connectivity index (χ1v) is 11.4. The number of nitrogens with zero attached hydrogens (tertiary/aromatic N) is 2. The molecule has 1 aromatic carbocycles. The topological polar surface area (TPSA) is 95.1 Å². The average Bonchev–Trinajstić information content (AvgIpc) is 3.46. The van der Waals surface area contributed by atoms with Gasteiger partial charge in [0.2, 0.25) is 5.91 Å². The van der Waals surface area contributed by atoms with Crippen molar-refractivity contribution >= 4 is 17.8 Å². The first-order valence-electron chi connectivity index (χ1n) is 11.4. The summed E-state index contributed by atoms with van der Waals surface area (Å²) in [6, 6.07) is 8.40. The van der Waals surface area contributed by atoms with Crippen LogP contribution in [0.2, 0.25) is 0 Å². The molecule has 1 saturated carbocycles. The number of carbonyl (C=O) groups is 2. The minimum atomic E-state index is -0.0613. The van der Waals surface area contributed by atoms with Gasteiger partial charge in [-0.15, -0.1) is 0 Å². The van der Waals surface area contributed by atoms with Crippen molar-refractivity contribution in [1.29, 1.82) is 0 Å².